The van der Waals surface area contributed by atoms with Crippen molar-refractivity contribution in [1.29, 1.82) is 0 Å². The number of benzene rings is 2. The number of halogens is 1. The van der Waals surface area contributed by atoms with Crippen LogP contribution < -0.4 is 19.1 Å². The summed E-state index contributed by atoms with van der Waals surface area (Å²) in [6.45, 7) is 3.67. The zero-order chi connectivity index (χ0) is 24.6. The minimum absolute atomic E-state index is 0.159. The van der Waals surface area contributed by atoms with E-state index in [-0.39, 0.29) is 16.3 Å². The van der Waals surface area contributed by atoms with Gasteiger partial charge < -0.3 is 19.5 Å². The molecule has 1 heterocycles. The Kier molecular flexibility index (Phi) is 9.08. The Balaban J connectivity index is 1.76. The maximum absolute atomic E-state index is 14.6. The third kappa shape index (κ3) is 6.37. The van der Waals surface area contributed by atoms with Gasteiger partial charge in [-0.3, -0.25) is 14.0 Å². The van der Waals surface area contributed by atoms with E-state index in [1.165, 1.54) is 50.6 Å². The van der Waals surface area contributed by atoms with Gasteiger partial charge in [0.15, 0.2) is 11.5 Å². The Hall–Kier alpha value is -2.89. The third-order valence-electron chi connectivity index (χ3n) is 5.43. The highest BCUT2D eigenvalue weighted by Crippen LogP contribution is 2.32. The van der Waals surface area contributed by atoms with Crippen molar-refractivity contribution in [2.24, 2.45) is 0 Å². The molecule has 9 nitrogen and oxygen atoms in total. The fraction of sp³-hybridized carbons (Fsp3) is 0.435. The maximum Gasteiger partial charge on any atom is 0.265 e. The van der Waals surface area contributed by atoms with Crippen LogP contribution in [0.5, 0.6) is 11.5 Å². The minimum Gasteiger partial charge on any atom is -0.493 e. The molecule has 2 aromatic carbocycles. The quantitative estimate of drug-likeness (QED) is 0.476. The highest BCUT2D eigenvalue weighted by atomic mass is 32.2. The van der Waals surface area contributed by atoms with E-state index in [9.17, 15) is 17.6 Å². The van der Waals surface area contributed by atoms with Gasteiger partial charge in [0.25, 0.3) is 10.0 Å². The Bertz CT molecular complexity index is 1080. The summed E-state index contributed by atoms with van der Waals surface area (Å²) in [6.07, 6.45) is 0.702. The Morgan fingerprint density at radius 3 is 2.50 bits per heavy atom. The predicted molar refractivity (Wildman–Crippen MR) is 125 cm³/mol. The Morgan fingerprint density at radius 2 is 1.82 bits per heavy atom. The second kappa shape index (κ2) is 12.0. The van der Waals surface area contributed by atoms with E-state index in [0.717, 1.165) is 30.0 Å². The van der Waals surface area contributed by atoms with E-state index in [1.54, 1.807) is 0 Å². The molecule has 1 saturated heterocycles. The first-order valence-corrected chi connectivity index (χ1v) is 12.4. The van der Waals surface area contributed by atoms with Crippen LogP contribution in [0.1, 0.15) is 6.42 Å². The first kappa shape index (κ1) is 25.7. The summed E-state index contributed by atoms with van der Waals surface area (Å²) in [4.78, 5) is 14.8. The average Bonchev–Trinajstić information content (AvgIpc) is 2.85. The molecule has 3 rings (SSSR count). The van der Waals surface area contributed by atoms with Gasteiger partial charge in [-0.25, -0.2) is 12.8 Å². The number of carbonyl (C=O) groups is 1. The molecule has 1 fully saturated rings. The Morgan fingerprint density at radius 1 is 1.12 bits per heavy atom. The molecule has 1 amide bonds. The van der Waals surface area contributed by atoms with Crippen LogP contribution in [0.15, 0.2) is 47.4 Å². The molecule has 186 valence electrons. The summed E-state index contributed by atoms with van der Waals surface area (Å²) < 4.78 is 58.0. The van der Waals surface area contributed by atoms with Crippen LogP contribution in [0.3, 0.4) is 0 Å². The molecular weight excluding hydrogens is 465 g/mol. The van der Waals surface area contributed by atoms with Gasteiger partial charge in [-0.05, 0) is 37.2 Å². The van der Waals surface area contributed by atoms with Crippen molar-refractivity contribution in [2.45, 2.75) is 11.3 Å². The number of para-hydroxylation sites is 1. The number of anilines is 1. The lowest BCUT2D eigenvalue weighted by Gasteiger charge is -2.27. The molecule has 1 aliphatic rings. The van der Waals surface area contributed by atoms with E-state index in [1.807, 2.05) is 0 Å². The molecule has 1 N–H and O–H groups in total. The van der Waals surface area contributed by atoms with Crippen LogP contribution in [0.2, 0.25) is 0 Å². The summed E-state index contributed by atoms with van der Waals surface area (Å²) in [5, 5.41) is 2.74. The van der Waals surface area contributed by atoms with E-state index < -0.39 is 28.3 Å². The first-order chi connectivity index (χ1) is 16.4. The molecular formula is C23H30FN3O6S. The predicted octanol–water partition coefficient (Wildman–Crippen LogP) is 1.88. The van der Waals surface area contributed by atoms with Gasteiger partial charge in [-0.15, -0.1) is 0 Å². The van der Waals surface area contributed by atoms with Crippen molar-refractivity contribution in [1.82, 2.24) is 10.2 Å². The minimum atomic E-state index is -4.30. The molecule has 0 aromatic heterocycles. The fourth-order valence-corrected chi connectivity index (χ4v) is 5.04. The summed E-state index contributed by atoms with van der Waals surface area (Å²) in [5.74, 6) is -0.748. The SMILES string of the molecule is COc1ccc(S(=O)(=O)N(CC(=O)NCCCN2CCOCC2)c2ccccc2F)cc1OC. The lowest BCUT2D eigenvalue weighted by Crippen LogP contribution is -2.42. The number of rotatable bonds is 11. The first-order valence-electron chi connectivity index (χ1n) is 10.9. The largest absolute Gasteiger partial charge is 0.493 e. The van der Waals surface area contributed by atoms with Gasteiger partial charge >= 0.3 is 0 Å². The Labute approximate surface area is 199 Å². The standard InChI is InChI=1S/C23H30FN3O6S/c1-31-21-9-8-18(16-22(21)32-2)34(29,30)27(20-7-4-3-6-19(20)24)17-23(28)25-10-5-11-26-12-14-33-15-13-26/h3-4,6-9,16H,5,10-15,17H2,1-2H3,(H,25,28). The summed E-state index contributed by atoms with van der Waals surface area (Å²) in [5.41, 5.74) is -0.222. The summed E-state index contributed by atoms with van der Waals surface area (Å²) >= 11 is 0. The van der Waals surface area contributed by atoms with Gasteiger partial charge in [0, 0.05) is 25.7 Å². The van der Waals surface area contributed by atoms with Crippen molar-refractivity contribution in [3.05, 3.63) is 48.3 Å². The fourth-order valence-electron chi connectivity index (χ4n) is 3.60. The number of hydrogen-bond acceptors (Lipinski definition) is 7. The van der Waals surface area contributed by atoms with Gasteiger partial charge in [0.2, 0.25) is 5.91 Å². The van der Waals surface area contributed by atoms with Gasteiger partial charge in [0.1, 0.15) is 12.4 Å². The lowest BCUT2D eigenvalue weighted by atomic mass is 10.3. The smallest absolute Gasteiger partial charge is 0.265 e. The number of carbonyl (C=O) groups excluding carboxylic acids is 1. The molecule has 2 aromatic rings. The monoisotopic (exact) mass is 495 g/mol. The van der Waals surface area contributed by atoms with Crippen LogP contribution >= 0.6 is 0 Å². The van der Waals surface area contributed by atoms with E-state index in [2.05, 4.69) is 10.2 Å². The van der Waals surface area contributed by atoms with E-state index in [4.69, 9.17) is 14.2 Å². The van der Waals surface area contributed by atoms with E-state index >= 15 is 0 Å². The zero-order valence-corrected chi connectivity index (χ0v) is 20.1. The highest BCUT2D eigenvalue weighted by molar-refractivity contribution is 7.92. The number of methoxy groups -OCH3 is 2. The molecule has 0 aliphatic carbocycles. The molecule has 34 heavy (non-hydrogen) atoms. The number of morpholine rings is 1. The average molecular weight is 496 g/mol. The number of nitrogens with zero attached hydrogens (tertiary/aromatic N) is 2. The van der Waals surface area contributed by atoms with Crippen molar-refractivity contribution in [3.63, 3.8) is 0 Å². The molecule has 0 unspecified atom stereocenters. The number of hydrogen-bond donors (Lipinski definition) is 1. The van der Waals surface area contributed by atoms with Gasteiger partial charge in [-0.1, -0.05) is 12.1 Å². The second-order valence-corrected chi connectivity index (χ2v) is 9.50. The van der Waals surface area contributed by atoms with Crippen LogP contribution in [0, 0.1) is 5.82 Å². The van der Waals surface area contributed by atoms with Crippen molar-refractivity contribution in [3.8, 4) is 11.5 Å². The van der Waals surface area contributed by atoms with Gasteiger partial charge in [0.05, 0.1) is 38.0 Å². The van der Waals surface area contributed by atoms with Crippen LogP contribution in [0.25, 0.3) is 0 Å². The van der Waals surface area contributed by atoms with E-state index in [0.29, 0.717) is 31.9 Å². The molecule has 0 spiro atoms. The molecule has 11 heteroatoms. The van der Waals surface area contributed by atoms with Crippen LogP contribution in [-0.4, -0.2) is 79.4 Å². The maximum atomic E-state index is 14.6. The molecule has 1 aliphatic heterocycles. The van der Waals surface area contributed by atoms with Crippen molar-refractivity contribution in [2.75, 3.05) is 64.5 Å². The van der Waals surface area contributed by atoms with Gasteiger partial charge in [-0.2, -0.15) is 0 Å². The summed E-state index contributed by atoms with van der Waals surface area (Å²) in [7, 11) is -1.49. The van der Waals surface area contributed by atoms with Crippen LogP contribution in [0.4, 0.5) is 10.1 Å². The second-order valence-electron chi connectivity index (χ2n) is 7.64. The normalized spacial score (nSPS) is 14.4. The topological polar surface area (TPSA) is 97.4 Å². The number of amides is 1. The lowest BCUT2D eigenvalue weighted by molar-refractivity contribution is -0.119. The molecule has 0 atom stereocenters. The van der Waals surface area contributed by atoms with Crippen LogP contribution in [-0.2, 0) is 19.6 Å². The molecule has 0 radical (unpaired) electrons. The van der Waals surface area contributed by atoms with Crippen molar-refractivity contribution >= 4 is 21.6 Å². The zero-order valence-electron chi connectivity index (χ0n) is 19.3. The number of sulfonamides is 1. The summed E-state index contributed by atoms with van der Waals surface area (Å²) in [6, 6.07) is 9.47. The highest BCUT2D eigenvalue weighted by Gasteiger charge is 2.30. The third-order valence-corrected chi connectivity index (χ3v) is 7.18. The molecule has 0 saturated carbocycles. The van der Waals surface area contributed by atoms with Crippen molar-refractivity contribution < 1.29 is 31.8 Å². The molecule has 0 bridgehead atoms. The number of nitrogens with one attached hydrogen (secondary N) is 1. The number of ether oxygens (including phenoxy) is 3.